The average molecular weight is 480 g/mol. The third kappa shape index (κ3) is 4.48. The highest BCUT2D eigenvalue weighted by molar-refractivity contribution is 7.99. The van der Waals surface area contributed by atoms with Gasteiger partial charge in [0, 0.05) is 31.3 Å². The third-order valence-electron chi connectivity index (χ3n) is 6.51. The number of ether oxygens (including phenoxy) is 1. The van der Waals surface area contributed by atoms with Gasteiger partial charge in [-0.1, -0.05) is 23.9 Å². The highest BCUT2D eigenvalue weighted by Gasteiger charge is 2.60. The van der Waals surface area contributed by atoms with Gasteiger partial charge in [-0.15, -0.1) is 23.4 Å². The number of aromatic nitrogens is 4. The van der Waals surface area contributed by atoms with Gasteiger partial charge in [-0.2, -0.15) is 0 Å². The van der Waals surface area contributed by atoms with E-state index in [0.29, 0.717) is 17.5 Å². The average Bonchev–Trinajstić information content (AvgIpc) is 3.06. The van der Waals surface area contributed by atoms with Crippen LogP contribution < -0.4 is 4.74 Å². The molecule has 5 rings (SSSR count). The molecule has 0 radical (unpaired) electrons. The third-order valence-corrected chi connectivity index (χ3v) is 7.62. The molecule has 1 saturated heterocycles. The van der Waals surface area contributed by atoms with Crippen molar-refractivity contribution in [2.24, 2.45) is 13.0 Å². The summed E-state index contributed by atoms with van der Waals surface area (Å²) < 4.78 is 48.5. The van der Waals surface area contributed by atoms with Gasteiger partial charge in [-0.3, -0.25) is 0 Å². The van der Waals surface area contributed by atoms with Crippen molar-refractivity contribution in [3.05, 3.63) is 41.9 Å². The Hall–Kier alpha value is -2.53. The van der Waals surface area contributed by atoms with Crippen molar-refractivity contribution < 1.29 is 22.3 Å². The van der Waals surface area contributed by atoms with Crippen LogP contribution in [0.15, 0.2) is 40.2 Å². The van der Waals surface area contributed by atoms with Gasteiger partial charge in [0.25, 0.3) is 0 Å². The topological polar surface area (TPSA) is 69.2 Å². The first-order valence-electron chi connectivity index (χ1n) is 10.8. The number of aryl methyl sites for hydroxylation is 1. The van der Waals surface area contributed by atoms with Crippen LogP contribution in [0.1, 0.15) is 24.1 Å². The highest BCUT2D eigenvalue weighted by Crippen LogP contribution is 2.59. The number of nitrogens with zero attached hydrogens (tertiary/aromatic N) is 5. The minimum absolute atomic E-state index is 0.0807. The minimum Gasteiger partial charge on any atom is -0.440 e. The minimum atomic E-state index is -4.66. The molecule has 1 aromatic carbocycles. The fourth-order valence-electron chi connectivity index (χ4n) is 4.80. The monoisotopic (exact) mass is 479 g/mol. The Morgan fingerprint density at radius 2 is 2.03 bits per heavy atom. The van der Waals surface area contributed by atoms with E-state index in [1.54, 1.807) is 23.9 Å². The van der Waals surface area contributed by atoms with Crippen LogP contribution in [0, 0.1) is 12.8 Å². The number of likely N-dealkylation sites (tertiary alicyclic amines) is 1. The summed E-state index contributed by atoms with van der Waals surface area (Å²) in [6.07, 6.45) is -1.15. The second-order valence-corrected chi connectivity index (χ2v) is 9.76. The number of hydrogen-bond acceptors (Lipinski definition) is 7. The molecule has 2 fully saturated rings. The summed E-state index contributed by atoms with van der Waals surface area (Å²) in [5, 5.41) is 9.35. The molecule has 11 heteroatoms. The van der Waals surface area contributed by atoms with Crippen LogP contribution in [-0.2, 0) is 12.5 Å². The molecular weight excluding hydrogens is 455 g/mol. The molecule has 1 aliphatic heterocycles. The molecule has 1 saturated carbocycles. The largest absolute Gasteiger partial charge is 0.573 e. The zero-order valence-corrected chi connectivity index (χ0v) is 19.1. The number of rotatable bonds is 8. The molecule has 0 N–H and O–H groups in total. The normalized spacial score (nSPS) is 22.5. The second kappa shape index (κ2) is 8.35. The molecule has 0 spiro atoms. The number of alkyl halides is 3. The highest BCUT2D eigenvalue weighted by atomic mass is 32.2. The molecule has 176 valence electrons. The molecule has 0 unspecified atom stereocenters. The predicted octanol–water partition coefficient (Wildman–Crippen LogP) is 4.43. The van der Waals surface area contributed by atoms with Gasteiger partial charge in [0.2, 0.25) is 5.82 Å². The van der Waals surface area contributed by atoms with Gasteiger partial charge < -0.3 is 18.6 Å². The van der Waals surface area contributed by atoms with Crippen molar-refractivity contribution in [1.29, 1.82) is 0 Å². The Morgan fingerprint density at radius 1 is 1.24 bits per heavy atom. The van der Waals surface area contributed by atoms with E-state index in [0.717, 1.165) is 54.6 Å². The van der Waals surface area contributed by atoms with Crippen LogP contribution in [0.2, 0.25) is 0 Å². The first-order chi connectivity index (χ1) is 15.7. The summed E-state index contributed by atoms with van der Waals surface area (Å²) in [5.41, 5.74) is 1.97. The van der Waals surface area contributed by atoms with E-state index in [1.165, 1.54) is 18.5 Å². The predicted molar refractivity (Wildman–Crippen MR) is 116 cm³/mol. The zero-order valence-electron chi connectivity index (χ0n) is 18.3. The Balaban J connectivity index is 1.11. The van der Waals surface area contributed by atoms with E-state index in [9.17, 15) is 13.2 Å². The van der Waals surface area contributed by atoms with Gasteiger partial charge >= 0.3 is 6.36 Å². The van der Waals surface area contributed by atoms with Gasteiger partial charge in [-0.25, -0.2) is 4.98 Å². The Morgan fingerprint density at radius 3 is 2.73 bits per heavy atom. The summed E-state index contributed by atoms with van der Waals surface area (Å²) in [6.45, 7) is 4.83. The molecule has 3 heterocycles. The van der Waals surface area contributed by atoms with Crippen molar-refractivity contribution in [1.82, 2.24) is 24.6 Å². The smallest absolute Gasteiger partial charge is 0.440 e. The van der Waals surface area contributed by atoms with Crippen molar-refractivity contribution in [3.63, 3.8) is 0 Å². The van der Waals surface area contributed by atoms with Crippen LogP contribution >= 0.6 is 11.8 Å². The maximum Gasteiger partial charge on any atom is 0.573 e. The lowest BCUT2D eigenvalue weighted by atomic mass is 9.95. The SMILES string of the molecule is Cc1ncoc1-c1nnc(SCCCN2C[C@H]3C[C@@]3(c3ccc(OC(F)(F)F)cc3)C2)n1C. The summed E-state index contributed by atoms with van der Waals surface area (Å²) in [7, 11) is 1.92. The summed E-state index contributed by atoms with van der Waals surface area (Å²) >= 11 is 1.66. The molecule has 2 aromatic heterocycles. The van der Waals surface area contributed by atoms with Gasteiger partial charge in [0.1, 0.15) is 5.75 Å². The number of oxazole rings is 1. The van der Waals surface area contributed by atoms with Gasteiger partial charge in [-0.05, 0) is 49.9 Å². The number of benzene rings is 1. The van der Waals surface area contributed by atoms with Gasteiger partial charge in [0.05, 0.1) is 5.69 Å². The number of fused-ring (bicyclic) bond motifs is 1. The molecule has 3 aromatic rings. The number of piperidine rings is 1. The molecule has 2 atom stereocenters. The maximum absolute atomic E-state index is 12.4. The second-order valence-electron chi connectivity index (χ2n) is 8.70. The molecule has 1 aliphatic carbocycles. The van der Waals surface area contributed by atoms with Crippen LogP contribution in [0.25, 0.3) is 11.6 Å². The molecule has 2 aliphatic rings. The van der Waals surface area contributed by atoms with Crippen molar-refractivity contribution in [3.8, 4) is 17.3 Å². The van der Waals surface area contributed by atoms with E-state index in [4.69, 9.17) is 4.42 Å². The van der Waals surface area contributed by atoms with E-state index >= 15 is 0 Å². The van der Waals surface area contributed by atoms with Crippen molar-refractivity contribution >= 4 is 11.8 Å². The van der Waals surface area contributed by atoms with E-state index in [1.807, 2.05) is 18.5 Å². The molecule has 0 bridgehead atoms. The van der Waals surface area contributed by atoms with Crippen LogP contribution in [0.5, 0.6) is 5.75 Å². The molecule has 7 nitrogen and oxygen atoms in total. The maximum atomic E-state index is 12.4. The molecular formula is C22H24F3N5O2S. The Bertz CT molecular complexity index is 1130. The molecule has 33 heavy (non-hydrogen) atoms. The number of halogens is 3. The quantitative estimate of drug-likeness (QED) is 0.350. The van der Waals surface area contributed by atoms with E-state index < -0.39 is 6.36 Å². The lowest BCUT2D eigenvalue weighted by Gasteiger charge is -2.21. The summed E-state index contributed by atoms with van der Waals surface area (Å²) in [5.74, 6) is 2.62. The molecule has 0 amide bonds. The summed E-state index contributed by atoms with van der Waals surface area (Å²) in [4.78, 5) is 6.56. The van der Waals surface area contributed by atoms with Crippen LogP contribution in [0.3, 0.4) is 0 Å². The lowest BCUT2D eigenvalue weighted by Crippen LogP contribution is -2.28. The van der Waals surface area contributed by atoms with E-state index in [2.05, 4.69) is 24.8 Å². The van der Waals surface area contributed by atoms with Crippen molar-refractivity contribution in [2.45, 2.75) is 36.7 Å². The van der Waals surface area contributed by atoms with Gasteiger partial charge in [0.15, 0.2) is 17.3 Å². The fraction of sp³-hybridized carbons (Fsp3) is 0.500. The van der Waals surface area contributed by atoms with Crippen LogP contribution in [0.4, 0.5) is 13.2 Å². The number of thioether (sulfide) groups is 1. The van der Waals surface area contributed by atoms with Crippen molar-refractivity contribution in [2.75, 3.05) is 25.4 Å². The van der Waals surface area contributed by atoms with Crippen LogP contribution in [-0.4, -0.2) is 56.4 Å². The first kappa shape index (κ1) is 22.3. The summed E-state index contributed by atoms with van der Waals surface area (Å²) in [6, 6.07) is 6.40. The fourth-order valence-corrected chi connectivity index (χ4v) is 5.63. The first-order valence-corrected chi connectivity index (χ1v) is 11.7. The zero-order chi connectivity index (χ0) is 23.2. The lowest BCUT2D eigenvalue weighted by molar-refractivity contribution is -0.274. The standard InChI is InChI=1S/C22H24F3N5O2S/c1-14-18(31-13-26-14)19-27-28-20(29(19)2)33-9-3-8-30-11-16-10-21(16,12-30)15-4-6-17(7-5-15)32-22(23,24)25/h4-7,13,16H,3,8-12H2,1-2H3/t16-,21+/m1/s1. The van der Waals surface area contributed by atoms with E-state index in [-0.39, 0.29) is 11.2 Å². The Kier molecular flexibility index (Phi) is 5.64. The number of hydrogen-bond donors (Lipinski definition) is 0. The Labute approximate surface area is 193 Å².